The van der Waals surface area contributed by atoms with E-state index in [1.54, 1.807) is 7.11 Å². The Labute approximate surface area is 102 Å². The molecule has 17 heavy (non-hydrogen) atoms. The Balaban J connectivity index is 2.01. The van der Waals surface area contributed by atoms with Gasteiger partial charge in [-0.25, -0.2) is 0 Å². The fraction of sp³-hybridized carbons (Fsp3) is 0.571. The molecule has 2 rings (SSSR count). The van der Waals surface area contributed by atoms with Gasteiger partial charge in [0.1, 0.15) is 0 Å². The summed E-state index contributed by atoms with van der Waals surface area (Å²) >= 11 is 0. The Morgan fingerprint density at radius 1 is 1.29 bits per heavy atom. The summed E-state index contributed by atoms with van der Waals surface area (Å²) in [5.41, 5.74) is 1.19. The summed E-state index contributed by atoms with van der Waals surface area (Å²) in [6.45, 7) is 1.02. The van der Waals surface area contributed by atoms with Crippen LogP contribution in [0.15, 0.2) is 18.2 Å². The minimum absolute atomic E-state index is 0.226. The number of ether oxygens (including phenoxy) is 2. The topological polar surface area (TPSA) is 38.7 Å². The van der Waals surface area contributed by atoms with E-state index in [2.05, 4.69) is 0 Å². The molecule has 1 aliphatic rings. The maximum atomic E-state index is 8.83. The molecule has 0 heterocycles. The van der Waals surface area contributed by atoms with Crippen molar-refractivity contribution in [1.29, 1.82) is 0 Å². The van der Waals surface area contributed by atoms with Crippen molar-refractivity contribution in [3.8, 4) is 11.5 Å². The fourth-order valence-electron chi connectivity index (χ4n) is 1.76. The average Bonchev–Trinajstić information content (AvgIpc) is 3.18. The van der Waals surface area contributed by atoms with E-state index in [4.69, 9.17) is 14.6 Å². The molecule has 1 aromatic rings. The molecule has 0 atom stereocenters. The third-order valence-corrected chi connectivity index (χ3v) is 3.02. The predicted octanol–water partition coefficient (Wildman–Crippen LogP) is 2.41. The van der Waals surface area contributed by atoms with Crippen molar-refractivity contribution < 1.29 is 14.6 Å². The number of aryl methyl sites for hydroxylation is 1. The third kappa shape index (κ3) is 3.63. The minimum Gasteiger partial charge on any atom is -0.493 e. The second-order valence-electron chi connectivity index (χ2n) is 4.57. The third-order valence-electron chi connectivity index (χ3n) is 3.02. The quantitative estimate of drug-likeness (QED) is 0.790. The van der Waals surface area contributed by atoms with Crippen LogP contribution in [0.4, 0.5) is 0 Å². The molecule has 1 aliphatic carbocycles. The average molecular weight is 236 g/mol. The van der Waals surface area contributed by atoms with Crippen molar-refractivity contribution in [3.05, 3.63) is 23.8 Å². The number of aliphatic hydroxyl groups is 1. The van der Waals surface area contributed by atoms with Crippen molar-refractivity contribution in [2.24, 2.45) is 5.92 Å². The van der Waals surface area contributed by atoms with E-state index in [0.717, 1.165) is 36.9 Å². The normalized spacial score (nSPS) is 14.7. The summed E-state index contributed by atoms with van der Waals surface area (Å²) < 4.78 is 11.1. The van der Waals surface area contributed by atoms with Crippen molar-refractivity contribution in [1.82, 2.24) is 0 Å². The van der Waals surface area contributed by atoms with Gasteiger partial charge < -0.3 is 14.6 Å². The zero-order valence-corrected chi connectivity index (χ0v) is 10.3. The highest BCUT2D eigenvalue weighted by molar-refractivity contribution is 5.43. The summed E-state index contributed by atoms with van der Waals surface area (Å²) in [5.74, 6) is 2.36. The molecule has 0 bridgehead atoms. The maximum absolute atomic E-state index is 8.83. The zero-order chi connectivity index (χ0) is 12.1. The van der Waals surface area contributed by atoms with Gasteiger partial charge in [0.2, 0.25) is 0 Å². The molecule has 0 radical (unpaired) electrons. The number of hydrogen-bond acceptors (Lipinski definition) is 3. The van der Waals surface area contributed by atoms with Gasteiger partial charge in [-0.2, -0.15) is 0 Å². The highest BCUT2D eigenvalue weighted by Gasteiger charge is 2.22. The number of rotatable bonds is 7. The Hall–Kier alpha value is -1.22. The molecule has 0 aliphatic heterocycles. The molecule has 0 aromatic heterocycles. The van der Waals surface area contributed by atoms with Crippen molar-refractivity contribution >= 4 is 0 Å². The number of aliphatic hydroxyl groups excluding tert-OH is 1. The summed E-state index contributed by atoms with van der Waals surface area (Å²) in [7, 11) is 1.66. The molecular weight excluding hydrogens is 216 g/mol. The van der Waals surface area contributed by atoms with Crippen LogP contribution in [0.1, 0.15) is 24.8 Å². The lowest BCUT2D eigenvalue weighted by Gasteiger charge is -2.12. The lowest BCUT2D eigenvalue weighted by atomic mass is 10.1. The van der Waals surface area contributed by atoms with Gasteiger partial charge in [-0.15, -0.1) is 0 Å². The van der Waals surface area contributed by atoms with E-state index in [-0.39, 0.29) is 6.61 Å². The van der Waals surface area contributed by atoms with Crippen LogP contribution >= 0.6 is 0 Å². The highest BCUT2D eigenvalue weighted by Crippen LogP contribution is 2.33. The number of methoxy groups -OCH3 is 1. The molecule has 1 saturated carbocycles. The summed E-state index contributed by atoms with van der Waals surface area (Å²) in [4.78, 5) is 0. The molecule has 94 valence electrons. The molecule has 0 unspecified atom stereocenters. The number of hydrogen-bond donors (Lipinski definition) is 1. The first kappa shape index (κ1) is 12.2. The van der Waals surface area contributed by atoms with Gasteiger partial charge in [0.15, 0.2) is 11.5 Å². The van der Waals surface area contributed by atoms with Crippen LogP contribution < -0.4 is 9.47 Å². The van der Waals surface area contributed by atoms with E-state index >= 15 is 0 Å². The Bertz CT molecular complexity index is 358. The van der Waals surface area contributed by atoms with Gasteiger partial charge >= 0.3 is 0 Å². The van der Waals surface area contributed by atoms with Crippen LogP contribution in [-0.4, -0.2) is 25.4 Å². The Kier molecular flexibility index (Phi) is 4.26. The smallest absolute Gasteiger partial charge is 0.161 e. The first-order chi connectivity index (χ1) is 8.33. The molecule has 0 spiro atoms. The van der Waals surface area contributed by atoms with Crippen molar-refractivity contribution in [2.75, 3.05) is 20.3 Å². The van der Waals surface area contributed by atoms with Crippen LogP contribution in [-0.2, 0) is 6.42 Å². The summed E-state index contributed by atoms with van der Waals surface area (Å²) in [6, 6.07) is 5.99. The van der Waals surface area contributed by atoms with Crippen LogP contribution in [0, 0.1) is 5.92 Å². The van der Waals surface area contributed by atoms with Gasteiger partial charge in [-0.05, 0) is 49.3 Å². The lowest BCUT2D eigenvalue weighted by molar-refractivity contribution is 0.279. The maximum Gasteiger partial charge on any atom is 0.161 e. The van der Waals surface area contributed by atoms with Crippen molar-refractivity contribution in [3.63, 3.8) is 0 Å². The van der Waals surface area contributed by atoms with Crippen LogP contribution in [0.2, 0.25) is 0 Å². The van der Waals surface area contributed by atoms with Crippen LogP contribution in [0.25, 0.3) is 0 Å². The Morgan fingerprint density at radius 3 is 2.76 bits per heavy atom. The fourth-order valence-corrected chi connectivity index (χ4v) is 1.76. The lowest BCUT2D eigenvalue weighted by Crippen LogP contribution is -2.01. The standard InChI is InChI=1S/C14H20O3/c1-16-13-7-6-11(3-2-8-15)9-14(13)17-10-12-4-5-12/h6-7,9,12,15H,2-5,8,10H2,1H3. The molecule has 0 amide bonds. The molecule has 3 heteroatoms. The number of benzene rings is 1. The predicted molar refractivity (Wildman–Crippen MR) is 66.6 cm³/mol. The first-order valence-corrected chi connectivity index (χ1v) is 6.24. The largest absolute Gasteiger partial charge is 0.493 e. The van der Waals surface area contributed by atoms with Gasteiger partial charge in [0.25, 0.3) is 0 Å². The molecule has 1 aromatic carbocycles. The molecule has 1 fully saturated rings. The van der Waals surface area contributed by atoms with E-state index in [9.17, 15) is 0 Å². The zero-order valence-electron chi connectivity index (χ0n) is 10.3. The van der Waals surface area contributed by atoms with Crippen LogP contribution in [0.3, 0.4) is 0 Å². The van der Waals surface area contributed by atoms with Crippen molar-refractivity contribution in [2.45, 2.75) is 25.7 Å². The van der Waals surface area contributed by atoms with Gasteiger partial charge in [-0.1, -0.05) is 6.07 Å². The SMILES string of the molecule is COc1ccc(CCCO)cc1OCC1CC1. The minimum atomic E-state index is 0.226. The first-order valence-electron chi connectivity index (χ1n) is 6.24. The van der Waals surface area contributed by atoms with Crippen LogP contribution in [0.5, 0.6) is 11.5 Å². The second kappa shape index (κ2) is 5.92. The van der Waals surface area contributed by atoms with Gasteiger partial charge in [-0.3, -0.25) is 0 Å². The molecule has 1 N–H and O–H groups in total. The van der Waals surface area contributed by atoms with E-state index in [1.165, 1.54) is 18.4 Å². The summed E-state index contributed by atoms with van der Waals surface area (Å²) in [6.07, 6.45) is 4.23. The summed E-state index contributed by atoms with van der Waals surface area (Å²) in [5, 5.41) is 8.83. The van der Waals surface area contributed by atoms with E-state index in [0.29, 0.717) is 0 Å². The molecular formula is C14H20O3. The van der Waals surface area contributed by atoms with Gasteiger partial charge in [0.05, 0.1) is 13.7 Å². The van der Waals surface area contributed by atoms with E-state index in [1.807, 2.05) is 18.2 Å². The molecule has 0 saturated heterocycles. The highest BCUT2D eigenvalue weighted by atomic mass is 16.5. The Morgan fingerprint density at radius 2 is 2.12 bits per heavy atom. The monoisotopic (exact) mass is 236 g/mol. The van der Waals surface area contributed by atoms with Gasteiger partial charge in [0, 0.05) is 6.61 Å². The second-order valence-corrected chi connectivity index (χ2v) is 4.57. The molecule has 3 nitrogen and oxygen atoms in total. The van der Waals surface area contributed by atoms with E-state index < -0.39 is 0 Å².